The van der Waals surface area contributed by atoms with Crippen LogP contribution in [0.15, 0.2) is 40.9 Å². The highest BCUT2D eigenvalue weighted by molar-refractivity contribution is 9.10. The zero-order valence-corrected chi connectivity index (χ0v) is 12.3. The number of carbonyl (C=O) groups is 1. The van der Waals surface area contributed by atoms with Crippen molar-refractivity contribution in [2.75, 3.05) is 0 Å². The fourth-order valence-electron chi connectivity index (χ4n) is 1.88. The molecule has 0 radical (unpaired) electrons. The van der Waals surface area contributed by atoms with E-state index in [0.29, 0.717) is 21.7 Å². The average molecular weight is 353 g/mol. The van der Waals surface area contributed by atoms with E-state index in [0.717, 1.165) is 4.47 Å². The van der Waals surface area contributed by atoms with Crippen LogP contribution < -0.4 is 0 Å². The van der Waals surface area contributed by atoms with Crippen molar-refractivity contribution in [3.8, 4) is 5.69 Å². The molecule has 3 aromatic rings. The first-order valence-electron chi connectivity index (χ1n) is 5.60. The van der Waals surface area contributed by atoms with Gasteiger partial charge in [0.05, 0.1) is 21.8 Å². The van der Waals surface area contributed by atoms with Crippen LogP contribution in [0.3, 0.4) is 0 Å². The van der Waals surface area contributed by atoms with Gasteiger partial charge in [0, 0.05) is 4.47 Å². The molecule has 20 heavy (non-hydrogen) atoms. The monoisotopic (exact) mass is 351 g/mol. The summed E-state index contributed by atoms with van der Waals surface area (Å²) in [5.41, 5.74) is 1.99. The molecule has 0 spiro atoms. The molecule has 1 aromatic heterocycles. The molecule has 5 nitrogen and oxygen atoms in total. The van der Waals surface area contributed by atoms with Crippen molar-refractivity contribution in [2.24, 2.45) is 0 Å². The molecule has 1 N–H and O–H groups in total. The first-order valence-corrected chi connectivity index (χ1v) is 6.77. The average Bonchev–Trinajstić information content (AvgIpc) is 2.84. The van der Waals surface area contributed by atoms with Crippen LogP contribution in [0, 0.1) is 0 Å². The minimum Gasteiger partial charge on any atom is -0.478 e. The van der Waals surface area contributed by atoms with Gasteiger partial charge in [0.1, 0.15) is 5.52 Å². The Balaban J connectivity index is 2.28. The lowest BCUT2D eigenvalue weighted by atomic mass is 10.2. The van der Waals surface area contributed by atoms with Crippen molar-refractivity contribution in [3.05, 3.63) is 51.5 Å². The fourth-order valence-corrected chi connectivity index (χ4v) is 2.42. The number of carboxylic acids is 1. The number of rotatable bonds is 2. The molecule has 1 heterocycles. The molecular weight excluding hydrogens is 346 g/mol. The highest BCUT2D eigenvalue weighted by atomic mass is 79.9. The van der Waals surface area contributed by atoms with E-state index in [9.17, 15) is 4.79 Å². The van der Waals surface area contributed by atoms with Gasteiger partial charge in [-0.05, 0) is 36.4 Å². The van der Waals surface area contributed by atoms with Gasteiger partial charge in [-0.2, -0.15) is 0 Å². The van der Waals surface area contributed by atoms with Gasteiger partial charge in [-0.1, -0.05) is 32.7 Å². The van der Waals surface area contributed by atoms with E-state index in [1.165, 1.54) is 16.8 Å². The molecule has 0 bridgehead atoms. The second-order valence-electron chi connectivity index (χ2n) is 4.11. The van der Waals surface area contributed by atoms with Crippen LogP contribution in [-0.4, -0.2) is 26.1 Å². The molecule has 0 amide bonds. The summed E-state index contributed by atoms with van der Waals surface area (Å²) in [6.07, 6.45) is 0. The number of fused-ring (bicyclic) bond motifs is 1. The minimum absolute atomic E-state index is 0.173. The Bertz CT molecular complexity index is 832. The quantitative estimate of drug-likeness (QED) is 0.766. The van der Waals surface area contributed by atoms with Gasteiger partial charge >= 0.3 is 5.97 Å². The van der Waals surface area contributed by atoms with E-state index >= 15 is 0 Å². The topological polar surface area (TPSA) is 68.0 Å². The molecule has 7 heteroatoms. The zero-order chi connectivity index (χ0) is 14.3. The summed E-state index contributed by atoms with van der Waals surface area (Å²) in [6, 6.07) is 9.97. The second kappa shape index (κ2) is 4.88. The molecule has 100 valence electrons. The Hall–Kier alpha value is -1.92. The number of hydrogen-bond donors (Lipinski definition) is 1. The van der Waals surface area contributed by atoms with E-state index in [1.807, 2.05) is 6.07 Å². The van der Waals surface area contributed by atoms with E-state index in [2.05, 4.69) is 26.2 Å². The Morgan fingerprint density at radius 2 is 2.05 bits per heavy atom. The molecule has 0 aliphatic heterocycles. The number of hydrogen-bond acceptors (Lipinski definition) is 3. The lowest BCUT2D eigenvalue weighted by Crippen LogP contribution is -2.00. The molecule has 0 unspecified atom stereocenters. The molecule has 3 rings (SSSR count). The maximum absolute atomic E-state index is 11.1. The van der Waals surface area contributed by atoms with Crippen LogP contribution in [-0.2, 0) is 0 Å². The highest BCUT2D eigenvalue weighted by Crippen LogP contribution is 2.27. The summed E-state index contributed by atoms with van der Waals surface area (Å²) in [6.45, 7) is 0. The van der Waals surface area contributed by atoms with E-state index in [-0.39, 0.29) is 5.56 Å². The molecule has 0 aliphatic rings. The molecule has 0 fully saturated rings. The van der Waals surface area contributed by atoms with Crippen molar-refractivity contribution in [1.29, 1.82) is 0 Å². The van der Waals surface area contributed by atoms with Crippen molar-refractivity contribution >= 4 is 44.5 Å². The minimum atomic E-state index is -1.00. The SMILES string of the molecule is O=C(O)c1ccc2nnn(-c3cc(Br)ccc3Cl)c2c1. The molecule has 0 saturated carbocycles. The van der Waals surface area contributed by atoms with Crippen molar-refractivity contribution in [1.82, 2.24) is 15.0 Å². The number of carboxylic acid groups (broad SMARTS) is 1. The van der Waals surface area contributed by atoms with Gasteiger partial charge in [0.15, 0.2) is 0 Å². The predicted octanol–water partition coefficient (Wildman–Crippen LogP) is 3.53. The summed E-state index contributed by atoms with van der Waals surface area (Å²) in [7, 11) is 0. The van der Waals surface area contributed by atoms with Crippen molar-refractivity contribution in [2.45, 2.75) is 0 Å². The normalized spacial score (nSPS) is 10.9. The summed E-state index contributed by atoms with van der Waals surface area (Å²) >= 11 is 9.53. The Morgan fingerprint density at radius 1 is 1.25 bits per heavy atom. The van der Waals surface area contributed by atoms with Crippen molar-refractivity contribution < 1.29 is 9.90 Å². The number of aromatic nitrogens is 3. The van der Waals surface area contributed by atoms with Crippen LogP contribution in [0.2, 0.25) is 5.02 Å². The summed E-state index contributed by atoms with van der Waals surface area (Å²) in [5.74, 6) is -1.00. The lowest BCUT2D eigenvalue weighted by Gasteiger charge is -2.05. The van der Waals surface area contributed by atoms with Crippen LogP contribution in [0.5, 0.6) is 0 Å². The van der Waals surface area contributed by atoms with Gasteiger partial charge in [-0.3, -0.25) is 0 Å². The number of aromatic carboxylic acids is 1. The first kappa shape index (κ1) is 13.1. The third kappa shape index (κ3) is 2.17. The van der Waals surface area contributed by atoms with Gasteiger partial charge < -0.3 is 5.11 Å². The van der Waals surface area contributed by atoms with E-state index in [1.54, 1.807) is 18.2 Å². The highest BCUT2D eigenvalue weighted by Gasteiger charge is 2.12. The molecule has 0 aliphatic carbocycles. The largest absolute Gasteiger partial charge is 0.478 e. The van der Waals surface area contributed by atoms with Crippen molar-refractivity contribution in [3.63, 3.8) is 0 Å². The smallest absolute Gasteiger partial charge is 0.335 e. The summed E-state index contributed by atoms with van der Waals surface area (Å²) < 4.78 is 2.37. The number of nitrogens with zero attached hydrogens (tertiary/aromatic N) is 3. The molecule has 0 atom stereocenters. The van der Waals surface area contributed by atoms with Gasteiger partial charge in [0.25, 0.3) is 0 Å². The Labute approximate surface area is 126 Å². The Morgan fingerprint density at radius 3 is 2.80 bits per heavy atom. The first-order chi connectivity index (χ1) is 9.56. The molecule has 2 aromatic carbocycles. The van der Waals surface area contributed by atoms with Crippen LogP contribution >= 0.6 is 27.5 Å². The zero-order valence-electron chi connectivity index (χ0n) is 9.92. The second-order valence-corrected chi connectivity index (χ2v) is 5.43. The van der Waals surface area contributed by atoms with Gasteiger partial charge in [0.2, 0.25) is 0 Å². The van der Waals surface area contributed by atoms with E-state index < -0.39 is 5.97 Å². The fraction of sp³-hybridized carbons (Fsp3) is 0. The number of halogens is 2. The lowest BCUT2D eigenvalue weighted by molar-refractivity contribution is 0.0697. The van der Waals surface area contributed by atoms with Gasteiger partial charge in [-0.15, -0.1) is 5.10 Å². The molecular formula is C13H7BrClN3O2. The predicted molar refractivity (Wildman–Crippen MR) is 78.5 cm³/mol. The van der Waals surface area contributed by atoms with E-state index in [4.69, 9.17) is 16.7 Å². The maximum atomic E-state index is 11.1. The number of benzene rings is 2. The van der Waals surface area contributed by atoms with Crippen LogP contribution in [0.4, 0.5) is 0 Å². The summed E-state index contributed by atoms with van der Waals surface area (Å²) in [5, 5.41) is 17.6. The standard InChI is InChI=1S/C13H7BrClN3O2/c14-8-2-3-9(15)11(6-8)18-12-5-7(13(19)20)1-4-10(12)16-17-18/h1-6H,(H,19,20). The Kier molecular flexibility index (Phi) is 3.19. The van der Waals surface area contributed by atoms with Crippen LogP contribution in [0.25, 0.3) is 16.7 Å². The summed E-state index contributed by atoms with van der Waals surface area (Å²) in [4.78, 5) is 11.1. The third-order valence-electron chi connectivity index (χ3n) is 2.83. The van der Waals surface area contributed by atoms with Crippen LogP contribution in [0.1, 0.15) is 10.4 Å². The molecule has 0 saturated heterocycles. The third-order valence-corrected chi connectivity index (χ3v) is 3.64. The van der Waals surface area contributed by atoms with Gasteiger partial charge in [-0.25, -0.2) is 9.48 Å². The maximum Gasteiger partial charge on any atom is 0.335 e.